The van der Waals surface area contributed by atoms with E-state index >= 15 is 0 Å². The highest BCUT2D eigenvalue weighted by Gasteiger charge is 2.37. The van der Waals surface area contributed by atoms with Crippen LogP contribution in [0.5, 0.6) is 0 Å². The third-order valence-electron chi connectivity index (χ3n) is 3.74. The van der Waals surface area contributed by atoms with Crippen molar-refractivity contribution in [2.45, 2.75) is 18.9 Å². The van der Waals surface area contributed by atoms with Crippen molar-refractivity contribution in [3.8, 4) is 0 Å². The molecule has 4 nitrogen and oxygen atoms in total. The van der Waals surface area contributed by atoms with Crippen LogP contribution in [0.4, 0.5) is 4.79 Å². The predicted octanol–water partition coefficient (Wildman–Crippen LogP) is 2.82. The maximum Gasteiger partial charge on any atom is 0.416 e. The van der Waals surface area contributed by atoms with Gasteiger partial charge in [-0.15, -0.1) is 0 Å². The molecule has 1 atom stereocenters. The second-order valence-electron chi connectivity index (χ2n) is 5.35. The van der Waals surface area contributed by atoms with Crippen molar-refractivity contribution in [2.75, 3.05) is 6.61 Å². The van der Waals surface area contributed by atoms with Gasteiger partial charge in [0.15, 0.2) is 0 Å². The minimum Gasteiger partial charge on any atom is -0.447 e. The van der Waals surface area contributed by atoms with Crippen LogP contribution in [0.2, 0.25) is 0 Å². The Kier molecular flexibility index (Phi) is 4.19. The molecule has 112 valence electrons. The highest BCUT2D eigenvalue weighted by atomic mass is 16.6. The molecular weight excluding hydrogens is 278 g/mol. The summed E-state index contributed by atoms with van der Waals surface area (Å²) in [7, 11) is 0. The van der Waals surface area contributed by atoms with Crippen molar-refractivity contribution >= 4 is 12.0 Å². The number of imide groups is 1. The average molecular weight is 295 g/mol. The van der Waals surface area contributed by atoms with E-state index in [9.17, 15) is 9.59 Å². The smallest absolute Gasteiger partial charge is 0.416 e. The average Bonchev–Trinajstić information content (AvgIpc) is 2.90. The Morgan fingerprint density at radius 3 is 2.23 bits per heavy atom. The number of carbonyl (C=O) groups excluding carboxylic acids is 2. The number of hydrogen-bond acceptors (Lipinski definition) is 3. The second-order valence-corrected chi connectivity index (χ2v) is 5.35. The Hall–Kier alpha value is -2.62. The first-order chi connectivity index (χ1) is 10.7. The van der Waals surface area contributed by atoms with E-state index in [4.69, 9.17) is 4.74 Å². The third-order valence-corrected chi connectivity index (χ3v) is 3.74. The molecule has 3 rings (SSSR count). The summed E-state index contributed by atoms with van der Waals surface area (Å²) in [5.41, 5.74) is 1.98. The summed E-state index contributed by atoms with van der Waals surface area (Å²) >= 11 is 0. The van der Waals surface area contributed by atoms with Crippen molar-refractivity contribution in [3.05, 3.63) is 71.8 Å². The lowest BCUT2D eigenvalue weighted by Gasteiger charge is -2.19. The van der Waals surface area contributed by atoms with E-state index in [0.717, 1.165) is 11.1 Å². The molecule has 4 heteroatoms. The number of carbonyl (C=O) groups is 2. The molecule has 1 aliphatic heterocycles. The highest BCUT2D eigenvalue weighted by Crippen LogP contribution is 2.18. The normalized spacial score (nSPS) is 17.4. The van der Waals surface area contributed by atoms with Gasteiger partial charge in [0.25, 0.3) is 0 Å². The Labute approximate surface area is 129 Å². The van der Waals surface area contributed by atoms with Crippen molar-refractivity contribution in [1.29, 1.82) is 0 Å². The van der Waals surface area contributed by atoms with E-state index in [1.165, 1.54) is 4.90 Å². The summed E-state index contributed by atoms with van der Waals surface area (Å²) in [6.07, 6.45) is 0.288. The lowest BCUT2D eigenvalue weighted by molar-refractivity contribution is -0.128. The molecule has 0 aliphatic carbocycles. The van der Waals surface area contributed by atoms with Crippen LogP contribution in [0.25, 0.3) is 0 Å². The number of cyclic esters (lactones) is 1. The van der Waals surface area contributed by atoms with Gasteiger partial charge in [0.1, 0.15) is 6.61 Å². The topological polar surface area (TPSA) is 46.6 Å². The molecule has 0 saturated carbocycles. The third kappa shape index (κ3) is 3.17. The second kappa shape index (κ2) is 6.43. The molecule has 0 radical (unpaired) electrons. The van der Waals surface area contributed by atoms with Gasteiger partial charge in [-0.1, -0.05) is 60.7 Å². The van der Waals surface area contributed by atoms with Gasteiger partial charge in [0.2, 0.25) is 5.91 Å². The molecule has 1 saturated heterocycles. The van der Waals surface area contributed by atoms with Gasteiger partial charge in [0.05, 0.1) is 12.5 Å². The molecular formula is C18H17NO3. The summed E-state index contributed by atoms with van der Waals surface area (Å²) in [5.74, 6) is -0.213. The predicted molar refractivity (Wildman–Crippen MR) is 82.3 cm³/mol. The summed E-state index contributed by atoms with van der Waals surface area (Å²) in [6.45, 7) is 0.258. The largest absolute Gasteiger partial charge is 0.447 e. The molecule has 0 aromatic heterocycles. The molecule has 1 heterocycles. The molecule has 0 spiro atoms. The minimum atomic E-state index is -0.540. The molecule has 0 bridgehead atoms. The van der Waals surface area contributed by atoms with Crippen LogP contribution in [0.15, 0.2) is 60.7 Å². The molecule has 1 unspecified atom stereocenters. The van der Waals surface area contributed by atoms with E-state index in [0.29, 0.717) is 6.42 Å². The van der Waals surface area contributed by atoms with Crippen LogP contribution in [0.1, 0.15) is 11.1 Å². The number of amides is 2. The van der Waals surface area contributed by atoms with Gasteiger partial charge in [-0.3, -0.25) is 4.79 Å². The molecule has 1 fully saturated rings. The van der Waals surface area contributed by atoms with Gasteiger partial charge in [-0.2, -0.15) is 0 Å². The van der Waals surface area contributed by atoms with E-state index in [2.05, 4.69) is 0 Å². The SMILES string of the molecule is O=C(Cc1ccccc1)N1C(=O)OCC1Cc1ccccc1. The van der Waals surface area contributed by atoms with E-state index < -0.39 is 6.09 Å². The Balaban J connectivity index is 1.72. The van der Waals surface area contributed by atoms with Crippen LogP contribution in [0.3, 0.4) is 0 Å². The standard InChI is InChI=1S/C18H17NO3/c20-17(12-15-9-5-2-6-10-15)19-16(13-22-18(19)21)11-14-7-3-1-4-8-14/h1-10,16H,11-13H2. The fraction of sp³-hybridized carbons (Fsp3) is 0.222. The summed E-state index contributed by atoms with van der Waals surface area (Å²) < 4.78 is 5.08. The summed E-state index contributed by atoms with van der Waals surface area (Å²) in [6, 6.07) is 19.0. The summed E-state index contributed by atoms with van der Waals surface area (Å²) in [5, 5.41) is 0. The fourth-order valence-corrected chi connectivity index (χ4v) is 2.66. The van der Waals surface area contributed by atoms with Gasteiger partial charge in [-0.05, 0) is 17.5 Å². The van der Waals surface area contributed by atoms with E-state index in [1.54, 1.807) is 0 Å². The molecule has 2 amide bonds. The lowest BCUT2D eigenvalue weighted by atomic mass is 10.0. The molecule has 2 aromatic rings. The zero-order valence-electron chi connectivity index (χ0n) is 12.1. The number of rotatable bonds is 4. The van der Waals surface area contributed by atoms with Crippen LogP contribution < -0.4 is 0 Å². The quantitative estimate of drug-likeness (QED) is 0.871. The zero-order chi connectivity index (χ0) is 15.4. The van der Waals surface area contributed by atoms with Crippen LogP contribution >= 0.6 is 0 Å². The van der Waals surface area contributed by atoms with Crippen LogP contribution in [-0.2, 0) is 22.4 Å². The summed E-state index contributed by atoms with van der Waals surface area (Å²) in [4.78, 5) is 25.6. The molecule has 22 heavy (non-hydrogen) atoms. The number of nitrogens with zero attached hydrogens (tertiary/aromatic N) is 1. The Morgan fingerprint density at radius 2 is 1.59 bits per heavy atom. The number of hydrogen-bond donors (Lipinski definition) is 0. The Morgan fingerprint density at radius 1 is 1.00 bits per heavy atom. The zero-order valence-corrected chi connectivity index (χ0v) is 12.1. The highest BCUT2D eigenvalue weighted by molar-refractivity contribution is 5.94. The fourth-order valence-electron chi connectivity index (χ4n) is 2.66. The van der Waals surface area contributed by atoms with Crippen LogP contribution in [0, 0.1) is 0 Å². The van der Waals surface area contributed by atoms with Gasteiger partial charge in [0, 0.05) is 0 Å². The monoisotopic (exact) mass is 295 g/mol. The first-order valence-corrected chi connectivity index (χ1v) is 7.30. The first kappa shape index (κ1) is 14.3. The van der Waals surface area contributed by atoms with Crippen molar-refractivity contribution in [1.82, 2.24) is 4.90 Å². The van der Waals surface area contributed by atoms with E-state index in [-0.39, 0.29) is 25.0 Å². The minimum absolute atomic E-state index is 0.210. The van der Waals surface area contributed by atoms with E-state index in [1.807, 2.05) is 60.7 Å². The lowest BCUT2D eigenvalue weighted by Crippen LogP contribution is -2.41. The van der Waals surface area contributed by atoms with Crippen molar-refractivity contribution in [2.24, 2.45) is 0 Å². The van der Waals surface area contributed by atoms with Crippen LogP contribution in [-0.4, -0.2) is 29.5 Å². The molecule has 0 N–H and O–H groups in total. The van der Waals surface area contributed by atoms with Crippen molar-refractivity contribution in [3.63, 3.8) is 0 Å². The van der Waals surface area contributed by atoms with Gasteiger partial charge >= 0.3 is 6.09 Å². The maximum absolute atomic E-state index is 12.5. The number of ether oxygens (including phenoxy) is 1. The van der Waals surface area contributed by atoms with Gasteiger partial charge in [-0.25, -0.2) is 9.69 Å². The molecule has 2 aromatic carbocycles. The molecule has 1 aliphatic rings. The maximum atomic E-state index is 12.5. The first-order valence-electron chi connectivity index (χ1n) is 7.30. The van der Waals surface area contributed by atoms with Crippen molar-refractivity contribution < 1.29 is 14.3 Å². The number of benzene rings is 2. The Bertz CT molecular complexity index is 655. The van der Waals surface area contributed by atoms with Gasteiger partial charge < -0.3 is 4.74 Å².